The zero-order chi connectivity index (χ0) is 16.8. The van der Waals surface area contributed by atoms with Gasteiger partial charge in [0.15, 0.2) is 5.75 Å². The standard InChI is InChI=1S/C21H17N3O/c1-22-11-17-7-8-18-20(25-17)10-16-13-24-12-15-6-4-2-3-5-14(15)9-19(24)21(16)23-18/h2-10,12-13,22H,11H2,1H3. The highest BCUT2D eigenvalue weighted by molar-refractivity contribution is 5.95. The van der Waals surface area contributed by atoms with Gasteiger partial charge in [0.2, 0.25) is 0 Å². The van der Waals surface area contributed by atoms with Crippen molar-refractivity contribution in [1.82, 2.24) is 14.7 Å². The average Bonchev–Trinajstić information content (AvgIpc) is 2.79. The number of aromatic nitrogens is 2. The summed E-state index contributed by atoms with van der Waals surface area (Å²) < 4.78 is 8.11. The van der Waals surface area contributed by atoms with Crippen LogP contribution in [0.25, 0.3) is 34.6 Å². The molecule has 4 heterocycles. The van der Waals surface area contributed by atoms with Gasteiger partial charge in [-0.05, 0) is 42.1 Å². The molecule has 0 atom stereocenters. The monoisotopic (exact) mass is 327 g/mol. The predicted molar refractivity (Wildman–Crippen MR) is 102 cm³/mol. The maximum atomic E-state index is 5.96. The number of rotatable bonds is 2. The third-order valence-corrected chi connectivity index (χ3v) is 4.54. The van der Waals surface area contributed by atoms with Crippen molar-refractivity contribution in [2.75, 3.05) is 13.6 Å². The van der Waals surface area contributed by atoms with E-state index in [1.54, 1.807) is 0 Å². The van der Waals surface area contributed by atoms with Crippen LogP contribution < -0.4 is 20.6 Å². The maximum absolute atomic E-state index is 5.96. The molecule has 4 nitrogen and oxygen atoms in total. The SMILES string of the molecule is CNCC1=CC=c2nc3c(cc2O1)cn1cc2c(cc31)=CC=CC=C2. The summed E-state index contributed by atoms with van der Waals surface area (Å²) >= 11 is 0. The van der Waals surface area contributed by atoms with Crippen molar-refractivity contribution in [3.63, 3.8) is 0 Å². The first-order valence-corrected chi connectivity index (χ1v) is 8.36. The summed E-state index contributed by atoms with van der Waals surface area (Å²) in [6, 6.07) is 4.28. The number of hydrogen-bond donors (Lipinski definition) is 1. The molecule has 0 amide bonds. The van der Waals surface area contributed by atoms with E-state index in [9.17, 15) is 0 Å². The van der Waals surface area contributed by atoms with E-state index in [1.165, 1.54) is 10.8 Å². The Morgan fingerprint density at radius 2 is 2.04 bits per heavy atom. The van der Waals surface area contributed by atoms with Gasteiger partial charge in [-0.2, -0.15) is 0 Å². The van der Waals surface area contributed by atoms with Crippen molar-refractivity contribution >= 4 is 34.6 Å². The number of fused-ring (bicyclic) bond motifs is 5. The Morgan fingerprint density at radius 1 is 1.08 bits per heavy atom. The molecule has 1 aliphatic carbocycles. The molecule has 0 spiro atoms. The van der Waals surface area contributed by atoms with Crippen molar-refractivity contribution in [2.24, 2.45) is 0 Å². The fraction of sp³-hybridized carbons (Fsp3) is 0.0952. The summed E-state index contributed by atoms with van der Waals surface area (Å²) in [5.41, 5.74) is 3.30. The quantitative estimate of drug-likeness (QED) is 0.784. The van der Waals surface area contributed by atoms with Crippen LogP contribution in [0, 0.1) is 0 Å². The lowest BCUT2D eigenvalue weighted by Gasteiger charge is -2.13. The first-order valence-electron chi connectivity index (χ1n) is 8.36. The van der Waals surface area contributed by atoms with Crippen LogP contribution in [-0.4, -0.2) is 23.0 Å². The van der Waals surface area contributed by atoms with Gasteiger partial charge in [-0.3, -0.25) is 0 Å². The molecule has 3 aromatic heterocycles. The van der Waals surface area contributed by atoms with Crippen LogP contribution in [-0.2, 0) is 0 Å². The molecule has 122 valence electrons. The van der Waals surface area contributed by atoms with Crippen LogP contribution in [0.15, 0.2) is 54.6 Å². The molecule has 0 bridgehead atoms. The van der Waals surface area contributed by atoms with E-state index >= 15 is 0 Å². The molecule has 0 unspecified atom stereocenters. The average molecular weight is 327 g/mol. The van der Waals surface area contributed by atoms with Gasteiger partial charge in [0.25, 0.3) is 0 Å². The van der Waals surface area contributed by atoms with Crippen molar-refractivity contribution in [2.45, 2.75) is 0 Å². The Hall–Kier alpha value is -3.11. The minimum absolute atomic E-state index is 0.703. The van der Waals surface area contributed by atoms with Gasteiger partial charge < -0.3 is 14.5 Å². The van der Waals surface area contributed by atoms with Crippen LogP contribution in [0.1, 0.15) is 5.56 Å². The summed E-state index contributed by atoms with van der Waals surface area (Å²) in [5.74, 6) is 1.71. The highest BCUT2D eigenvalue weighted by atomic mass is 16.5. The van der Waals surface area contributed by atoms with Gasteiger partial charge in [-0.1, -0.05) is 30.4 Å². The van der Waals surface area contributed by atoms with Crippen LogP contribution in [0.4, 0.5) is 0 Å². The van der Waals surface area contributed by atoms with Gasteiger partial charge in [-0.15, -0.1) is 0 Å². The molecule has 4 heteroatoms. The second-order valence-electron chi connectivity index (χ2n) is 6.26. The van der Waals surface area contributed by atoms with Crippen LogP contribution in [0.2, 0.25) is 0 Å². The molecule has 2 aliphatic rings. The van der Waals surface area contributed by atoms with E-state index in [-0.39, 0.29) is 0 Å². The van der Waals surface area contributed by atoms with Crippen molar-refractivity contribution < 1.29 is 4.74 Å². The van der Waals surface area contributed by atoms with Gasteiger partial charge in [-0.25, -0.2) is 4.98 Å². The number of hydrogen-bond acceptors (Lipinski definition) is 3. The van der Waals surface area contributed by atoms with Gasteiger partial charge in [0, 0.05) is 17.8 Å². The molecule has 0 radical (unpaired) electrons. The summed E-state index contributed by atoms with van der Waals surface area (Å²) in [6.07, 6.45) is 18.7. The van der Waals surface area contributed by atoms with E-state index in [1.807, 2.05) is 25.3 Å². The fourth-order valence-corrected chi connectivity index (χ4v) is 3.36. The first-order chi connectivity index (χ1) is 12.3. The first kappa shape index (κ1) is 14.3. The van der Waals surface area contributed by atoms with Crippen molar-refractivity contribution in [3.8, 4) is 5.75 Å². The molecule has 0 aromatic carbocycles. The number of nitrogens with zero attached hydrogens (tertiary/aromatic N) is 2. The molecule has 0 saturated heterocycles. The second kappa shape index (κ2) is 5.46. The summed E-state index contributed by atoms with van der Waals surface area (Å²) in [7, 11) is 1.91. The van der Waals surface area contributed by atoms with Crippen LogP contribution >= 0.6 is 0 Å². The third-order valence-electron chi connectivity index (χ3n) is 4.54. The van der Waals surface area contributed by atoms with E-state index in [2.05, 4.69) is 58.5 Å². The molecule has 1 N–H and O–H groups in total. The topological polar surface area (TPSA) is 38.6 Å². The molecule has 0 fully saturated rings. The summed E-state index contributed by atoms with van der Waals surface area (Å²) in [5, 5.41) is 6.27. The van der Waals surface area contributed by atoms with Crippen molar-refractivity contribution in [3.05, 3.63) is 70.7 Å². The minimum Gasteiger partial charge on any atom is -0.458 e. The molecular weight excluding hydrogens is 310 g/mol. The number of allylic oxidation sites excluding steroid dienone is 4. The molecule has 25 heavy (non-hydrogen) atoms. The van der Waals surface area contributed by atoms with Crippen molar-refractivity contribution in [1.29, 1.82) is 0 Å². The maximum Gasteiger partial charge on any atom is 0.153 e. The Kier molecular flexibility index (Phi) is 3.11. The zero-order valence-electron chi connectivity index (χ0n) is 13.9. The number of nitrogens with one attached hydrogen (secondary N) is 1. The Labute approximate surface area is 144 Å². The van der Waals surface area contributed by atoms with E-state index in [0.29, 0.717) is 6.54 Å². The highest BCUT2D eigenvalue weighted by Gasteiger charge is 2.12. The molecule has 5 rings (SSSR count). The second-order valence-corrected chi connectivity index (χ2v) is 6.26. The Balaban J connectivity index is 1.77. The predicted octanol–water partition coefficient (Wildman–Crippen LogP) is 2.13. The molecule has 1 aliphatic heterocycles. The Bertz CT molecular complexity index is 1230. The molecule has 0 saturated carbocycles. The largest absolute Gasteiger partial charge is 0.458 e. The van der Waals surface area contributed by atoms with Crippen LogP contribution in [0.5, 0.6) is 5.75 Å². The molecular formula is C21H17N3O. The van der Waals surface area contributed by atoms with Gasteiger partial charge in [0.1, 0.15) is 11.1 Å². The lowest BCUT2D eigenvalue weighted by molar-refractivity contribution is 0.401. The summed E-state index contributed by atoms with van der Waals surface area (Å²) in [4.78, 5) is 4.85. The smallest absolute Gasteiger partial charge is 0.153 e. The van der Waals surface area contributed by atoms with Crippen LogP contribution in [0.3, 0.4) is 0 Å². The highest BCUT2D eigenvalue weighted by Crippen LogP contribution is 2.23. The van der Waals surface area contributed by atoms with E-state index in [0.717, 1.165) is 33.3 Å². The number of likely N-dealkylation sites (N-methyl/N-ethyl adjacent to an activating group) is 1. The number of pyridine rings is 2. The van der Waals surface area contributed by atoms with E-state index in [4.69, 9.17) is 9.72 Å². The number of ether oxygens (including phenoxy) is 1. The normalized spacial score (nSPS) is 15.0. The van der Waals surface area contributed by atoms with Gasteiger partial charge >= 0.3 is 0 Å². The Morgan fingerprint density at radius 3 is 2.96 bits per heavy atom. The lowest BCUT2D eigenvalue weighted by Crippen LogP contribution is -2.21. The molecule has 3 aromatic rings. The summed E-state index contributed by atoms with van der Waals surface area (Å²) in [6.45, 7) is 0.703. The minimum atomic E-state index is 0.703. The lowest BCUT2D eigenvalue weighted by atomic mass is 10.2. The fourth-order valence-electron chi connectivity index (χ4n) is 3.36. The van der Waals surface area contributed by atoms with Gasteiger partial charge in [0.05, 0.1) is 17.6 Å². The zero-order valence-corrected chi connectivity index (χ0v) is 13.9. The third kappa shape index (κ3) is 2.30. The van der Waals surface area contributed by atoms with E-state index < -0.39 is 0 Å².